The van der Waals surface area contributed by atoms with E-state index in [0.717, 1.165) is 16.5 Å². The molecule has 0 aliphatic rings. The summed E-state index contributed by atoms with van der Waals surface area (Å²) < 4.78 is 0. The number of benzene rings is 1. The molecule has 0 amide bonds. The number of rotatable bonds is 1. The van der Waals surface area contributed by atoms with Gasteiger partial charge in [0.1, 0.15) is 0 Å². The van der Waals surface area contributed by atoms with E-state index < -0.39 is 0 Å². The van der Waals surface area contributed by atoms with Crippen molar-refractivity contribution in [1.29, 1.82) is 0 Å². The van der Waals surface area contributed by atoms with Crippen LogP contribution < -0.4 is 5.56 Å². The topological polar surface area (TPSA) is 32.9 Å². The van der Waals surface area contributed by atoms with Gasteiger partial charge in [-0.3, -0.25) is 4.79 Å². The third-order valence-corrected chi connectivity index (χ3v) is 2.76. The normalized spacial score (nSPS) is 11.2. The van der Waals surface area contributed by atoms with Crippen molar-refractivity contribution in [3.8, 4) is 0 Å². The molecular formula is C13H15NO. The summed E-state index contributed by atoms with van der Waals surface area (Å²) >= 11 is 0. The maximum atomic E-state index is 11.3. The Hall–Kier alpha value is -1.57. The van der Waals surface area contributed by atoms with Gasteiger partial charge < -0.3 is 4.98 Å². The van der Waals surface area contributed by atoms with E-state index in [-0.39, 0.29) is 5.56 Å². The minimum atomic E-state index is -0.0356. The number of fused-ring (bicyclic) bond motifs is 1. The molecule has 0 radical (unpaired) electrons. The minimum Gasteiger partial charge on any atom is -0.322 e. The molecule has 0 aliphatic carbocycles. The smallest absolute Gasteiger partial charge is 0.248 e. The lowest BCUT2D eigenvalue weighted by atomic mass is 9.96. The van der Waals surface area contributed by atoms with E-state index in [1.807, 2.05) is 13.0 Å². The largest absolute Gasteiger partial charge is 0.322 e. The molecule has 0 atom stereocenters. The summed E-state index contributed by atoms with van der Waals surface area (Å²) in [5.74, 6) is 0.471. The molecule has 0 bridgehead atoms. The van der Waals surface area contributed by atoms with Crippen molar-refractivity contribution in [3.05, 3.63) is 45.7 Å². The third kappa shape index (κ3) is 1.67. The quantitative estimate of drug-likeness (QED) is 0.756. The van der Waals surface area contributed by atoms with Crippen LogP contribution in [0.4, 0.5) is 0 Å². The number of aromatic amines is 1. The molecule has 1 heterocycles. The highest BCUT2D eigenvalue weighted by Crippen LogP contribution is 2.25. The highest BCUT2D eigenvalue weighted by molar-refractivity contribution is 5.85. The summed E-state index contributed by atoms with van der Waals surface area (Å²) in [6, 6.07) is 7.71. The summed E-state index contributed by atoms with van der Waals surface area (Å²) in [5.41, 5.74) is 3.33. The number of H-pyrrole nitrogens is 1. The van der Waals surface area contributed by atoms with Crippen molar-refractivity contribution in [1.82, 2.24) is 4.98 Å². The predicted octanol–water partition coefficient (Wildman–Crippen LogP) is 2.96. The van der Waals surface area contributed by atoms with Gasteiger partial charge in [0.05, 0.1) is 5.52 Å². The molecule has 2 rings (SSSR count). The molecule has 15 heavy (non-hydrogen) atoms. The van der Waals surface area contributed by atoms with E-state index in [9.17, 15) is 4.79 Å². The van der Waals surface area contributed by atoms with Gasteiger partial charge in [0, 0.05) is 11.5 Å². The van der Waals surface area contributed by atoms with Gasteiger partial charge in [-0.15, -0.1) is 0 Å². The average Bonchev–Trinajstić information content (AvgIpc) is 2.19. The summed E-state index contributed by atoms with van der Waals surface area (Å²) in [6.45, 7) is 6.34. The van der Waals surface area contributed by atoms with Crippen molar-refractivity contribution >= 4 is 10.9 Å². The summed E-state index contributed by atoms with van der Waals surface area (Å²) in [5, 5.41) is 1.16. The number of pyridine rings is 1. The van der Waals surface area contributed by atoms with Crippen LogP contribution in [0.15, 0.2) is 29.1 Å². The molecule has 0 spiro atoms. The second-order valence-electron chi connectivity index (χ2n) is 4.24. The van der Waals surface area contributed by atoms with Gasteiger partial charge in [0.25, 0.3) is 0 Å². The zero-order chi connectivity index (χ0) is 11.0. The Balaban J connectivity index is 2.88. The molecule has 1 N–H and O–H groups in total. The van der Waals surface area contributed by atoms with E-state index in [0.29, 0.717) is 5.92 Å². The molecule has 2 nitrogen and oxygen atoms in total. The SMILES string of the molecule is Cc1ccc(C(C)C)c2ccc(=O)[nH]c12. The fraction of sp³-hybridized carbons (Fsp3) is 0.308. The van der Waals surface area contributed by atoms with Crippen LogP contribution in [0.25, 0.3) is 10.9 Å². The first-order valence-electron chi connectivity index (χ1n) is 5.22. The maximum absolute atomic E-state index is 11.3. The number of hydrogen-bond acceptors (Lipinski definition) is 1. The van der Waals surface area contributed by atoms with Crippen molar-refractivity contribution in [2.24, 2.45) is 0 Å². The Bertz CT molecular complexity index is 552. The third-order valence-electron chi connectivity index (χ3n) is 2.76. The Morgan fingerprint density at radius 1 is 1.13 bits per heavy atom. The molecule has 0 unspecified atom stereocenters. The molecule has 0 fully saturated rings. The van der Waals surface area contributed by atoms with Crippen LogP contribution in [0.1, 0.15) is 30.9 Å². The number of aryl methyl sites for hydroxylation is 1. The first-order chi connectivity index (χ1) is 7.09. The molecule has 78 valence electrons. The van der Waals surface area contributed by atoms with E-state index in [2.05, 4.69) is 31.0 Å². The van der Waals surface area contributed by atoms with Crippen LogP contribution in [0.3, 0.4) is 0 Å². The fourth-order valence-corrected chi connectivity index (χ4v) is 1.92. The molecule has 0 saturated carbocycles. The Labute approximate surface area is 89.0 Å². The second-order valence-corrected chi connectivity index (χ2v) is 4.24. The van der Waals surface area contributed by atoms with E-state index in [1.54, 1.807) is 6.07 Å². The zero-order valence-electron chi connectivity index (χ0n) is 9.29. The van der Waals surface area contributed by atoms with E-state index in [4.69, 9.17) is 0 Å². The van der Waals surface area contributed by atoms with E-state index >= 15 is 0 Å². The predicted molar refractivity (Wildman–Crippen MR) is 63.4 cm³/mol. The molecule has 1 aromatic carbocycles. The summed E-state index contributed by atoms with van der Waals surface area (Å²) in [7, 11) is 0. The van der Waals surface area contributed by atoms with Crippen LogP contribution in [-0.2, 0) is 0 Å². The van der Waals surface area contributed by atoms with Gasteiger partial charge in [-0.25, -0.2) is 0 Å². The van der Waals surface area contributed by atoms with Crippen LogP contribution >= 0.6 is 0 Å². The van der Waals surface area contributed by atoms with Gasteiger partial charge in [-0.05, 0) is 30.0 Å². The first-order valence-corrected chi connectivity index (χ1v) is 5.22. The monoisotopic (exact) mass is 201 g/mol. The standard InChI is InChI=1S/C13H15NO/c1-8(2)10-5-4-9(3)13-11(10)6-7-12(15)14-13/h4-8H,1-3H3,(H,14,15). The molecule has 0 aliphatic heterocycles. The lowest BCUT2D eigenvalue weighted by Crippen LogP contribution is -2.05. The van der Waals surface area contributed by atoms with Gasteiger partial charge >= 0.3 is 0 Å². The van der Waals surface area contributed by atoms with Crippen molar-refractivity contribution in [2.45, 2.75) is 26.7 Å². The fourth-order valence-electron chi connectivity index (χ4n) is 1.92. The molecule has 0 saturated heterocycles. The first kappa shape index (κ1) is 9.97. The number of aromatic nitrogens is 1. The van der Waals surface area contributed by atoms with Crippen molar-refractivity contribution < 1.29 is 0 Å². The Morgan fingerprint density at radius 2 is 1.87 bits per heavy atom. The Morgan fingerprint density at radius 3 is 2.53 bits per heavy atom. The lowest BCUT2D eigenvalue weighted by Gasteiger charge is -2.11. The molecular weight excluding hydrogens is 186 g/mol. The maximum Gasteiger partial charge on any atom is 0.248 e. The highest BCUT2D eigenvalue weighted by atomic mass is 16.1. The summed E-state index contributed by atoms with van der Waals surface area (Å²) in [4.78, 5) is 14.2. The van der Waals surface area contributed by atoms with Crippen molar-refractivity contribution in [3.63, 3.8) is 0 Å². The van der Waals surface area contributed by atoms with Gasteiger partial charge in [0.2, 0.25) is 5.56 Å². The van der Waals surface area contributed by atoms with Crippen LogP contribution in [-0.4, -0.2) is 4.98 Å². The van der Waals surface area contributed by atoms with Crippen LogP contribution in [0.5, 0.6) is 0 Å². The Kier molecular flexibility index (Phi) is 2.35. The number of hydrogen-bond donors (Lipinski definition) is 1. The van der Waals surface area contributed by atoms with Gasteiger partial charge in [-0.1, -0.05) is 26.0 Å². The molecule has 2 heteroatoms. The van der Waals surface area contributed by atoms with E-state index in [1.165, 1.54) is 5.56 Å². The zero-order valence-corrected chi connectivity index (χ0v) is 9.29. The minimum absolute atomic E-state index is 0.0356. The van der Waals surface area contributed by atoms with Crippen molar-refractivity contribution in [2.75, 3.05) is 0 Å². The highest BCUT2D eigenvalue weighted by Gasteiger charge is 2.06. The van der Waals surface area contributed by atoms with Gasteiger partial charge in [0.15, 0.2) is 0 Å². The van der Waals surface area contributed by atoms with Crippen LogP contribution in [0.2, 0.25) is 0 Å². The summed E-state index contributed by atoms with van der Waals surface area (Å²) in [6.07, 6.45) is 0. The van der Waals surface area contributed by atoms with Crippen LogP contribution in [0, 0.1) is 6.92 Å². The van der Waals surface area contributed by atoms with Gasteiger partial charge in [-0.2, -0.15) is 0 Å². The molecule has 1 aromatic heterocycles. The number of nitrogens with one attached hydrogen (secondary N) is 1. The average molecular weight is 201 g/mol. The lowest BCUT2D eigenvalue weighted by molar-refractivity contribution is 0.875. The second kappa shape index (κ2) is 3.54. The molecule has 2 aromatic rings.